The summed E-state index contributed by atoms with van der Waals surface area (Å²) >= 11 is 0. The highest BCUT2D eigenvalue weighted by molar-refractivity contribution is 5.20. The maximum absolute atomic E-state index is 3.81. The summed E-state index contributed by atoms with van der Waals surface area (Å²) in [5.74, 6) is 1.12. The molecule has 0 saturated carbocycles. The van der Waals surface area contributed by atoms with Crippen molar-refractivity contribution in [1.82, 2.24) is 0 Å². The Morgan fingerprint density at radius 3 is 2.25 bits per heavy atom. The van der Waals surface area contributed by atoms with Crippen molar-refractivity contribution in [3.63, 3.8) is 0 Å². The van der Waals surface area contributed by atoms with Crippen LogP contribution in [0.5, 0.6) is 0 Å². The summed E-state index contributed by atoms with van der Waals surface area (Å²) in [5, 5.41) is 0. The van der Waals surface area contributed by atoms with Gasteiger partial charge in [-0.1, -0.05) is 50.3 Å². The maximum Gasteiger partial charge on any atom is -0.0130 e. The summed E-state index contributed by atoms with van der Waals surface area (Å²) in [6.07, 6.45) is 2.01. The van der Waals surface area contributed by atoms with Gasteiger partial charge in [-0.25, -0.2) is 0 Å². The highest BCUT2D eigenvalue weighted by atomic mass is 14.1. The molecule has 64 valence electrons. The minimum absolute atomic E-state index is 0.549. The van der Waals surface area contributed by atoms with Crippen LogP contribution in [0.2, 0.25) is 0 Å². The van der Waals surface area contributed by atoms with Crippen LogP contribution in [0.1, 0.15) is 25.3 Å². The molecule has 2 atom stereocenters. The summed E-state index contributed by atoms with van der Waals surface area (Å²) < 4.78 is 0. The van der Waals surface area contributed by atoms with Crippen LogP contribution in [0.3, 0.4) is 0 Å². The molecule has 0 aliphatic heterocycles. The van der Waals surface area contributed by atoms with Crippen molar-refractivity contribution in [3.05, 3.63) is 48.6 Å². The van der Waals surface area contributed by atoms with E-state index in [1.807, 2.05) is 6.08 Å². The normalized spacial score (nSPS) is 15.2. The summed E-state index contributed by atoms with van der Waals surface area (Å²) in [6.45, 7) is 8.24. The van der Waals surface area contributed by atoms with Gasteiger partial charge >= 0.3 is 0 Å². The van der Waals surface area contributed by atoms with Crippen molar-refractivity contribution in [1.29, 1.82) is 0 Å². The topological polar surface area (TPSA) is 0 Å². The van der Waals surface area contributed by atoms with E-state index in [0.29, 0.717) is 11.8 Å². The Hall–Kier alpha value is -1.04. The minimum atomic E-state index is 0.549. The molecule has 1 aromatic rings. The first kappa shape index (κ1) is 9.05. The first-order chi connectivity index (χ1) is 5.75. The van der Waals surface area contributed by atoms with Crippen molar-refractivity contribution < 1.29 is 0 Å². The van der Waals surface area contributed by atoms with Gasteiger partial charge < -0.3 is 0 Å². The van der Waals surface area contributed by atoms with Gasteiger partial charge in [0, 0.05) is 0 Å². The monoisotopic (exact) mass is 160 g/mol. The molecule has 0 N–H and O–H groups in total. The molecule has 1 aromatic carbocycles. The van der Waals surface area contributed by atoms with Gasteiger partial charge in [-0.2, -0.15) is 0 Å². The first-order valence-electron chi connectivity index (χ1n) is 4.43. The van der Waals surface area contributed by atoms with Gasteiger partial charge in [-0.3, -0.25) is 0 Å². The second-order valence-electron chi connectivity index (χ2n) is 3.29. The minimum Gasteiger partial charge on any atom is -0.103 e. The third-order valence-electron chi connectivity index (χ3n) is 2.49. The number of benzene rings is 1. The molecular formula is C12H16. The van der Waals surface area contributed by atoms with Crippen LogP contribution in [0.15, 0.2) is 43.0 Å². The quantitative estimate of drug-likeness (QED) is 0.592. The van der Waals surface area contributed by atoms with Crippen LogP contribution in [0, 0.1) is 5.92 Å². The fraction of sp³-hybridized carbons (Fsp3) is 0.333. The Morgan fingerprint density at radius 2 is 1.75 bits per heavy atom. The lowest BCUT2D eigenvalue weighted by Crippen LogP contribution is -2.02. The molecule has 0 amide bonds. The number of allylic oxidation sites excluding steroid dienone is 1. The second kappa shape index (κ2) is 4.10. The summed E-state index contributed by atoms with van der Waals surface area (Å²) in [7, 11) is 0. The molecule has 0 heteroatoms. The zero-order chi connectivity index (χ0) is 8.97. The van der Waals surface area contributed by atoms with E-state index in [1.165, 1.54) is 5.56 Å². The van der Waals surface area contributed by atoms with E-state index in [4.69, 9.17) is 0 Å². The highest BCUT2D eigenvalue weighted by Crippen LogP contribution is 2.23. The van der Waals surface area contributed by atoms with Gasteiger partial charge in [0.2, 0.25) is 0 Å². The molecule has 2 unspecified atom stereocenters. The second-order valence-corrected chi connectivity index (χ2v) is 3.29. The summed E-state index contributed by atoms with van der Waals surface area (Å²) in [6, 6.07) is 10.6. The van der Waals surface area contributed by atoms with Crippen molar-refractivity contribution in [2.75, 3.05) is 0 Å². The van der Waals surface area contributed by atoms with Gasteiger partial charge in [-0.05, 0) is 17.4 Å². The SMILES string of the molecule is C=CC(C)C(C)c1ccccc1. The zero-order valence-electron chi connectivity index (χ0n) is 7.83. The standard InChI is InChI=1S/C12H16/c1-4-10(2)11(3)12-8-6-5-7-9-12/h4-11H,1H2,2-3H3. The van der Waals surface area contributed by atoms with Crippen LogP contribution in [0.25, 0.3) is 0 Å². The lowest BCUT2D eigenvalue weighted by molar-refractivity contribution is 0.592. The fourth-order valence-corrected chi connectivity index (χ4v) is 1.26. The van der Waals surface area contributed by atoms with E-state index in [1.54, 1.807) is 0 Å². The van der Waals surface area contributed by atoms with E-state index in [-0.39, 0.29) is 0 Å². The highest BCUT2D eigenvalue weighted by Gasteiger charge is 2.09. The van der Waals surface area contributed by atoms with Crippen LogP contribution < -0.4 is 0 Å². The molecule has 1 rings (SSSR count). The Morgan fingerprint density at radius 1 is 1.17 bits per heavy atom. The van der Waals surface area contributed by atoms with E-state index in [9.17, 15) is 0 Å². The molecule has 0 nitrogen and oxygen atoms in total. The average Bonchev–Trinajstić information content (AvgIpc) is 2.17. The Balaban J connectivity index is 2.78. The molecule has 0 heterocycles. The Kier molecular flexibility index (Phi) is 3.09. The van der Waals surface area contributed by atoms with Crippen LogP contribution >= 0.6 is 0 Å². The summed E-state index contributed by atoms with van der Waals surface area (Å²) in [5.41, 5.74) is 1.39. The molecular weight excluding hydrogens is 144 g/mol. The van der Waals surface area contributed by atoms with Crippen LogP contribution in [-0.2, 0) is 0 Å². The third-order valence-corrected chi connectivity index (χ3v) is 2.49. The van der Waals surface area contributed by atoms with Gasteiger partial charge in [0.15, 0.2) is 0 Å². The van der Waals surface area contributed by atoms with Crippen LogP contribution in [-0.4, -0.2) is 0 Å². The zero-order valence-corrected chi connectivity index (χ0v) is 7.83. The smallest absolute Gasteiger partial charge is 0.0130 e. The molecule has 0 bridgehead atoms. The third kappa shape index (κ3) is 1.97. The predicted octanol–water partition coefficient (Wildman–Crippen LogP) is 3.61. The van der Waals surface area contributed by atoms with Gasteiger partial charge in [0.05, 0.1) is 0 Å². The fourth-order valence-electron chi connectivity index (χ4n) is 1.26. The molecule has 12 heavy (non-hydrogen) atoms. The van der Waals surface area contributed by atoms with Gasteiger partial charge in [-0.15, -0.1) is 6.58 Å². The molecule has 0 fully saturated rings. The van der Waals surface area contributed by atoms with Crippen LogP contribution in [0.4, 0.5) is 0 Å². The summed E-state index contributed by atoms with van der Waals surface area (Å²) in [4.78, 5) is 0. The molecule has 0 spiro atoms. The predicted molar refractivity (Wildman–Crippen MR) is 54.2 cm³/mol. The van der Waals surface area contributed by atoms with Crippen molar-refractivity contribution in [3.8, 4) is 0 Å². The Labute approximate surface area is 74.9 Å². The lowest BCUT2D eigenvalue weighted by atomic mass is 9.89. The molecule has 0 radical (unpaired) electrons. The lowest BCUT2D eigenvalue weighted by Gasteiger charge is -2.16. The Bertz CT molecular complexity index is 235. The largest absolute Gasteiger partial charge is 0.103 e. The van der Waals surface area contributed by atoms with E-state index in [2.05, 4.69) is 50.8 Å². The molecule has 0 aliphatic carbocycles. The van der Waals surface area contributed by atoms with Gasteiger partial charge in [0.1, 0.15) is 0 Å². The van der Waals surface area contributed by atoms with E-state index in [0.717, 1.165) is 0 Å². The van der Waals surface area contributed by atoms with Gasteiger partial charge in [0.25, 0.3) is 0 Å². The van der Waals surface area contributed by atoms with E-state index >= 15 is 0 Å². The maximum atomic E-state index is 3.81. The van der Waals surface area contributed by atoms with E-state index < -0.39 is 0 Å². The number of hydrogen-bond acceptors (Lipinski definition) is 0. The average molecular weight is 160 g/mol. The number of rotatable bonds is 3. The van der Waals surface area contributed by atoms with Crippen molar-refractivity contribution >= 4 is 0 Å². The first-order valence-corrected chi connectivity index (χ1v) is 4.43. The van der Waals surface area contributed by atoms with Crippen molar-refractivity contribution in [2.24, 2.45) is 5.92 Å². The number of hydrogen-bond donors (Lipinski definition) is 0. The molecule has 0 saturated heterocycles. The molecule has 0 aliphatic rings. The van der Waals surface area contributed by atoms with Crippen molar-refractivity contribution in [2.45, 2.75) is 19.8 Å². The molecule has 0 aromatic heterocycles.